The number of nitrogens with zero attached hydrogens (tertiary/aromatic N) is 5. The highest BCUT2D eigenvalue weighted by Gasteiger charge is 2.12. The molecule has 0 aromatic carbocycles. The molecule has 8 heteroatoms. The normalized spacial score (nSPS) is 12.8. The molecule has 0 radical (unpaired) electrons. The van der Waals surface area contributed by atoms with Crippen molar-refractivity contribution in [2.75, 3.05) is 5.32 Å². The molecular weight excluding hydrogens is 238 g/mol. The lowest BCUT2D eigenvalue weighted by Gasteiger charge is -2.10. The minimum atomic E-state index is -0.0632. The lowest BCUT2D eigenvalue weighted by molar-refractivity contribution is 0.789. The first-order chi connectivity index (χ1) is 8.34. The quantitative estimate of drug-likeness (QED) is 0.726. The fourth-order valence-electron chi connectivity index (χ4n) is 1.53. The monoisotopic (exact) mass is 247 g/mol. The molecule has 0 saturated carbocycles. The highest BCUT2D eigenvalue weighted by molar-refractivity contribution is 7.16. The van der Waals surface area contributed by atoms with Gasteiger partial charge in [-0.3, -0.25) is 0 Å². The van der Waals surface area contributed by atoms with Crippen LogP contribution in [0.15, 0.2) is 17.8 Å². The van der Waals surface area contributed by atoms with Gasteiger partial charge in [-0.15, -0.1) is 21.5 Å². The molecule has 0 spiro atoms. The van der Waals surface area contributed by atoms with E-state index in [1.165, 1.54) is 0 Å². The maximum absolute atomic E-state index is 4.23. The van der Waals surface area contributed by atoms with E-state index in [0.717, 1.165) is 16.0 Å². The number of H-pyrrole nitrogens is 1. The van der Waals surface area contributed by atoms with E-state index >= 15 is 0 Å². The number of tetrazole rings is 1. The predicted molar refractivity (Wildman–Crippen MR) is 63.6 cm³/mol. The lowest BCUT2D eigenvalue weighted by Crippen LogP contribution is -2.10. The van der Waals surface area contributed by atoms with Crippen LogP contribution in [0, 0.1) is 0 Å². The molecule has 7 nitrogen and oxygen atoms in total. The Morgan fingerprint density at radius 3 is 3.18 bits per heavy atom. The van der Waals surface area contributed by atoms with Crippen molar-refractivity contribution < 1.29 is 0 Å². The number of anilines is 1. The zero-order valence-electron chi connectivity index (χ0n) is 8.95. The van der Waals surface area contributed by atoms with Crippen molar-refractivity contribution in [3.8, 4) is 0 Å². The van der Waals surface area contributed by atoms with Gasteiger partial charge in [0.15, 0.2) is 5.82 Å². The number of fused-ring (bicyclic) bond motifs is 1. The minimum Gasteiger partial charge on any atom is -0.360 e. The van der Waals surface area contributed by atoms with Gasteiger partial charge in [0.05, 0.1) is 11.4 Å². The Labute approximate surface area is 100 Å². The summed E-state index contributed by atoms with van der Waals surface area (Å²) in [5.74, 6) is 1.39. The summed E-state index contributed by atoms with van der Waals surface area (Å²) >= 11 is 1.59. The van der Waals surface area contributed by atoms with Gasteiger partial charge in [-0.1, -0.05) is 5.21 Å². The standard InChI is InChI=1S/C9H9N7S/c1-5(7-13-15-16-14-7)12-8-6-2-3-17-9(6)11-4-10-8/h2-5H,1H3,(H,10,11,12)(H,13,14,15,16). The summed E-state index contributed by atoms with van der Waals surface area (Å²) in [7, 11) is 0. The molecule has 17 heavy (non-hydrogen) atoms. The smallest absolute Gasteiger partial charge is 0.196 e. The average Bonchev–Trinajstić information content (AvgIpc) is 3.00. The van der Waals surface area contributed by atoms with E-state index < -0.39 is 0 Å². The van der Waals surface area contributed by atoms with E-state index in [0.29, 0.717) is 5.82 Å². The van der Waals surface area contributed by atoms with Crippen LogP contribution in [0.3, 0.4) is 0 Å². The predicted octanol–water partition coefficient (Wildman–Crippen LogP) is 1.38. The van der Waals surface area contributed by atoms with Gasteiger partial charge in [0.25, 0.3) is 0 Å². The first kappa shape index (κ1) is 10.1. The first-order valence-corrected chi connectivity index (χ1v) is 5.90. The topological polar surface area (TPSA) is 92.3 Å². The summed E-state index contributed by atoms with van der Waals surface area (Å²) in [5, 5.41) is 20.1. The van der Waals surface area contributed by atoms with Gasteiger partial charge in [-0.25, -0.2) is 9.97 Å². The van der Waals surface area contributed by atoms with Crippen molar-refractivity contribution in [2.45, 2.75) is 13.0 Å². The van der Waals surface area contributed by atoms with Gasteiger partial charge in [-0.2, -0.15) is 5.21 Å². The molecule has 0 aliphatic carbocycles. The molecule has 0 saturated heterocycles. The molecule has 3 heterocycles. The Hall–Kier alpha value is -2.09. The van der Waals surface area contributed by atoms with Crippen molar-refractivity contribution in [1.82, 2.24) is 30.6 Å². The van der Waals surface area contributed by atoms with Gasteiger partial charge in [-0.05, 0) is 18.4 Å². The Kier molecular flexibility index (Phi) is 2.41. The molecule has 0 bridgehead atoms. The second kappa shape index (κ2) is 4.06. The highest BCUT2D eigenvalue weighted by atomic mass is 32.1. The molecule has 0 amide bonds. The summed E-state index contributed by atoms with van der Waals surface area (Å²) in [4.78, 5) is 9.38. The largest absolute Gasteiger partial charge is 0.360 e. The number of aromatic nitrogens is 6. The zero-order chi connectivity index (χ0) is 11.7. The zero-order valence-corrected chi connectivity index (χ0v) is 9.77. The Morgan fingerprint density at radius 2 is 2.35 bits per heavy atom. The van der Waals surface area contributed by atoms with Crippen LogP contribution in [-0.2, 0) is 0 Å². The van der Waals surface area contributed by atoms with E-state index in [4.69, 9.17) is 0 Å². The maximum atomic E-state index is 4.23. The third-order valence-electron chi connectivity index (χ3n) is 2.36. The van der Waals surface area contributed by atoms with Crippen LogP contribution in [-0.4, -0.2) is 30.6 Å². The molecule has 0 aliphatic rings. The first-order valence-electron chi connectivity index (χ1n) is 5.02. The van der Waals surface area contributed by atoms with Gasteiger partial charge in [0.2, 0.25) is 0 Å². The maximum Gasteiger partial charge on any atom is 0.196 e. The molecule has 0 aliphatic heterocycles. The SMILES string of the molecule is CC(Nc1ncnc2sccc12)c1nn[nH]n1. The van der Waals surface area contributed by atoms with Gasteiger partial charge >= 0.3 is 0 Å². The summed E-state index contributed by atoms with van der Waals surface area (Å²) in [5.41, 5.74) is 0. The summed E-state index contributed by atoms with van der Waals surface area (Å²) in [6.45, 7) is 1.95. The fourth-order valence-corrected chi connectivity index (χ4v) is 2.26. The molecule has 1 unspecified atom stereocenters. The number of nitrogens with one attached hydrogen (secondary N) is 2. The molecule has 3 rings (SSSR count). The second-order valence-corrected chi connectivity index (χ2v) is 4.39. The van der Waals surface area contributed by atoms with Crippen molar-refractivity contribution >= 4 is 27.4 Å². The van der Waals surface area contributed by atoms with Crippen LogP contribution in [0.1, 0.15) is 18.8 Å². The second-order valence-electron chi connectivity index (χ2n) is 3.50. The fraction of sp³-hybridized carbons (Fsp3) is 0.222. The Bertz CT molecular complexity index is 617. The van der Waals surface area contributed by atoms with Crippen LogP contribution >= 0.6 is 11.3 Å². The van der Waals surface area contributed by atoms with Crippen molar-refractivity contribution in [3.63, 3.8) is 0 Å². The lowest BCUT2D eigenvalue weighted by atomic mass is 10.3. The molecule has 3 aromatic heterocycles. The van der Waals surface area contributed by atoms with E-state index in [1.807, 2.05) is 18.4 Å². The van der Waals surface area contributed by atoms with Crippen molar-refractivity contribution in [3.05, 3.63) is 23.6 Å². The highest BCUT2D eigenvalue weighted by Crippen LogP contribution is 2.25. The average molecular weight is 247 g/mol. The number of aromatic amines is 1. The third kappa shape index (κ3) is 1.82. The van der Waals surface area contributed by atoms with Crippen LogP contribution in [0.2, 0.25) is 0 Å². The van der Waals surface area contributed by atoms with E-state index in [2.05, 4.69) is 35.9 Å². The van der Waals surface area contributed by atoms with Gasteiger partial charge < -0.3 is 5.32 Å². The molecule has 0 fully saturated rings. The van der Waals surface area contributed by atoms with Crippen LogP contribution in [0.25, 0.3) is 10.2 Å². The molecule has 86 valence electrons. The van der Waals surface area contributed by atoms with Crippen molar-refractivity contribution in [1.29, 1.82) is 0 Å². The number of hydrogen-bond acceptors (Lipinski definition) is 7. The van der Waals surface area contributed by atoms with Crippen LogP contribution in [0.5, 0.6) is 0 Å². The van der Waals surface area contributed by atoms with Crippen LogP contribution in [0.4, 0.5) is 5.82 Å². The molecule has 2 N–H and O–H groups in total. The number of thiophene rings is 1. The van der Waals surface area contributed by atoms with Gasteiger partial charge in [0, 0.05) is 0 Å². The number of hydrogen-bond donors (Lipinski definition) is 2. The third-order valence-corrected chi connectivity index (χ3v) is 3.18. The van der Waals surface area contributed by atoms with E-state index in [1.54, 1.807) is 17.7 Å². The minimum absolute atomic E-state index is 0.0632. The summed E-state index contributed by atoms with van der Waals surface area (Å²) in [6, 6.07) is 1.93. The van der Waals surface area contributed by atoms with E-state index in [-0.39, 0.29) is 6.04 Å². The molecule has 3 aromatic rings. The van der Waals surface area contributed by atoms with Crippen molar-refractivity contribution in [2.24, 2.45) is 0 Å². The van der Waals surface area contributed by atoms with Crippen LogP contribution < -0.4 is 5.32 Å². The Morgan fingerprint density at radius 1 is 1.41 bits per heavy atom. The summed E-state index contributed by atoms with van der Waals surface area (Å²) < 4.78 is 0. The Balaban J connectivity index is 1.92. The molecule has 1 atom stereocenters. The molecular formula is C9H9N7S. The number of rotatable bonds is 3. The van der Waals surface area contributed by atoms with Gasteiger partial charge in [0.1, 0.15) is 17.0 Å². The summed E-state index contributed by atoms with van der Waals surface area (Å²) in [6.07, 6.45) is 1.55. The van der Waals surface area contributed by atoms with E-state index in [9.17, 15) is 0 Å².